The van der Waals surface area contributed by atoms with Gasteiger partial charge in [-0.3, -0.25) is 0 Å². The van der Waals surface area contributed by atoms with Crippen LogP contribution in [0.25, 0.3) is 0 Å². The lowest BCUT2D eigenvalue weighted by atomic mass is 10.3. The van der Waals surface area contributed by atoms with Crippen LogP contribution in [0.2, 0.25) is 0 Å². The van der Waals surface area contributed by atoms with Gasteiger partial charge in [-0.25, -0.2) is 0 Å². The van der Waals surface area contributed by atoms with Crippen molar-refractivity contribution in [1.29, 1.82) is 0 Å². The summed E-state index contributed by atoms with van der Waals surface area (Å²) in [5.41, 5.74) is 0. The molecule has 0 saturated carbocycles. The summed E-state index contributed by atoms with van der Waals surface area (Å²) in [5.74, 6) is 11.1. The van der Waals surface area contributed by atoms with E-state index in [1.807, 2.05) is 0 Å². The molecular formula is C6H3. The van der Waals surface area contributed by atoms with Crippen molar-refractivity contribution in [2.45, 2.75) is 6.42 Å². The van der Waals surface area contributed by atoms with Gasteiger partial charge < -0.3 is 0 Å². The first-order chi connectivity index (χ1) is 3.00. The van der Waals surface area contributed by atoms with Gasteiger partial charge in [0.1, 0.15) is 6.42 Å². The monoisotopic (exact) mass is 75.0 g/mol. The Labute approximate surface area is 37.6 Å². The first kappa shape index (κ1) is 3.32. The molecule has 0 aliphatic heterocycles. The van der Waals surface area contributed by atoms with Crippen LogP contribution >= 0.6 is 0 Å². The Balaban J connectivity index is 2.57. The molecule has 0 amide bonds. The average molecular weight is 75.1 g/mol. The summed E-state index contributed by atoms with van der Waals surface area (Å²) in [6.07, 6.45) is 2.42. The molecule has 0 aromatic rings. The SMILES string of the molecule is C1#CCC#C[CH]1. The Morgan fingerprint density at radius 3 is 2.00 bits per heavy atom. The molecule has 6 heavy (non-hydrogen) atoms. The van der Waals surface area contributed by atoms with Crippen LogP contribution in [0.15, 0.2) is 0 Å². The molecule has 0 bridgehead atoms. The Hall–Kier alpha value is -0.880. The van der Waals surface area contributed by atoms with Gasteiger partial charge in [-0.15, -0.1) is 0 Å². The number of hydrogen-bond donors (Lipinski definition) is 0. The second-order valence-electron chi connectivity index (χ2n) is 0.963. The summed E-state index contributed by atoms with van der Waals surface area (Å²) in [5, 5.41) is 0. The van der Waals surface area contributed by atoms with E-state index in [1.165, 1.54) is 0 Å². The van der Waals surface area contributed by atoms with E-state index >= 15 is 0 Å². The van der Waals surface area contributed by atoms with Crippen LogP contribution in [0.4, 0.5) is 0 Å². The van der Waals surface area contributed by atoms with E-state index in [0.29, 0.717) is 0 Å². The molecule has 0 heteroatoms. The van der Waals surface area contributed by atoms with Gasteiger partial charge in [-0.2, -0.15) is 0 Å². The quantitative estimate of drug-likeness (QED) is 0.370. The summed E-state index contributed by atoms with van der Waals surface area (Å²) in [7, 11) is 0. The zero-order chi connectivity index (χ0) is 4.24. The first-order valence-electron chi connectivity index (χ1n) is 1.78. The summed E-state index contributed by atoms with van der Waals surface area (Å²) in [4.78, 5) is 0. The molecule has 0 atom stereocenters. The van der Waals surface area contributed by atoms with E-state index in [2.05, 4.69) is 23.7 Å². The summed E-state index contributed by atoms with van der Waals surface area (Å²) >= 11 is 0. The molecule has 0 N–H and O–H groups in total. The van der Waals surface area contributed by atoms with E-state index in [1.54, 1.807) is 6.42 Å². The molecule has 0 aromatic heterocycles. The molecule has 1 aliphatic rings. The fourth-order valence-electron chi connectivity index (χ4n) is 0.284. The summed E-state index contributed by atoms with van der Waals surface area (Å²) < 4.78 is 0. The maximum atomic E-state index is 2.81. The third-order valence-electron chi connectivity index (χ3n) is 0.525. The highest BCUT2D eigenvalue weighted by atomic mass is 13.7. The molecule has 1 rings (SSSR count). The van der Waals surface area contributed by atoms with Crippen molar-refractivity contribution in [2.75, 3.05) is 0 Å². The van der Waals surface area contributed by atoms with Crippen molar-refractivity contribution < 1.29 is 0 Å². The molecule has 1 aliphatic carbocycles. The Bertz CT molecular complexity index is 112. The minimum absolute atomic E-state index is 0.747. The van der Waals surface area contributed by atoms with E-state index < -0.39 is 0 Å². The zero-order valence-electron chi connectivity index (χ0n) is 3.28. The van der Waals surface area contributed by atoms with Crippen molar-refractivity contribution in [3.8, 4) is 23.7 Å². The molecule has 1 radical (unpaired) electrons. The molecule has 0 heterocycles. The first-order valence-corrected chi connectivity index (χ1v) is 1.78. The van der Waals surface area contributed by atoms with Crippen molar-refractivity contribution in [3.05, 3.63) is 6.42 Å². The largest absolute Gasteiger partial charge is 0.106 e. The molecule has 0 spiro atoms. The predicted molar refractivity (Wildman–Crippen MR) is 24.5 cm³/mol. The van der Waals surface area contributed by atoms with Crippen LogP contribution < -0.4 is 0 Å². The lowest BCUT2D eigenvalue weighted by Gasteiger charge is -1.75. The third-order valence-corrected chi connectivity index (χ3v) is 0.525. The fraction of sp³-hybridized carbons (Fsp3) is 0.167. The van der Waals surface area contributed by atoms with Crippen LogP contribution in [-0.4, -0.2) is 0 Å². The van der Waals surface area contributed by atoms with Crippen LogP contribution in [-0.2, 0) is 0 Å². The van der Waals surface area contributed by atoms with Crippen LogP contribution in [0.3, 0.4) is 0 Å². The van der Waals surface area contributed by atoms with Gasteiger partial charge in [0.05, 0.1) is 6.42 Å². The Morgan fingerprint density at radius 1 is 1.17 bits per heavy atom. The smallest absolute Gasteiger partial charge is 0.0888 e. The van der Waals surface area contributed by atoms with Gasteiger partial charge >= 0.3 is 0 Å². The van der Waals surface area contributed by atoms with Crippen molar-refractivity contribution in [2.24, 2.45) is 0 Å². The standard InChI is InChI=1S/C6H3/c1-2-4-6-5-3-1/h1H,6H2. The zero-order valence-corrected chi connectivity index (χ0v) is 3.28. The van der Waals surface area contributed by atoms with E-state index in [0.717, 1.165) is 6.42 Å². The molecule has 0 aromatic carbocycles. The van der Waals surface area contributed by atoms with Gasteiger partial charge in [-0.05, 0) is 0 Å². The lowest BCUT2D eigenvalue weighted by Crippen LogP contribution is -1.69. The second-order valence-corrected chi connectivity index (χ2v) is 0.963. The van der Waals surface area contributed by atoms with Crippen LogP contribution in [0.5, 0.6) is 0 Å². The van der Waals surface area contributed by atoms with Gasteiger partial charge in [0.2, 0.25) is 0 Å². The predicted octanol–water partition coefficient (Wildman–Crippen LogP) is 0.601. The Kier molecular flexibility index (Phi) is 0.845. The van der Waals surface area contributed by atoms with Crippen molar-refractivity contribution >= 4 is 0 Å². The van der Waals surface area contributed by atoms with E-state index in [-0.39, 0.29) is 0 Å². The highest BCUT2D eigenvalue weighted by Gasteiger charge is 1.72. The Morgan fingerprint density at radius 2 is 1.83 bits per heavy atom. The van der Waals surface area contributed by atoms with Gasteiger partial charge in [0, 0.05) is 0 Å². The maximum absolute atomic E-state index is 2.81. The van der Waals surface area contributed by atoms with Crippen LogP contribution in [0, 0.1) is 30.1 Å². The lowest BCUT2D eigenvalue weighted by molar-refractivity contribution is 1.54. The highest BCUT2D eigenvalue weighted by Crippen LogP contribution is 1.78. The highest BCUT2D eigenvalue weighted by molar-refractivity contribution is 5.32. The van der Waals surface area contributed by atoms with Crippen LogP contribution in [0.1, 0.15) is 6.42 Å². The number of rotatable bonds is 0. The minimum atomic E-state index is 0.747. The molecule has 0 nitrogen and oxygen atoms in total. The van der Waals surface area contributed by atoms with Gasteiger partial charge in [0.15, 0.2) is 0 Å². The topological polar surface area (TPSA) is 0 Å². The summed E-state index contributed by atoms with van der Waals surface area (Å²) in [6, 6.07) is 0. The minimum Gasteiger partial charge on any atom is -0.0888 e. The maximum Gasteiger partial charge on any atom is 0.106 e. The van der Waals surface area contributed by atoms with Crippen molar-refractivity contribution in [3.63, 3.8) is 0 Å². The van der Waals surface area contributed by atoms with E-state index in [9.17, 15) is 0 Å². The van der Waals surface area contributed by atoms with Gasteiger partial charge in [-0.1, -0.05) is 23.7 Å². The molecular weight excluding hydrogens is 72.1 g/mol. The second kappa shape index (κ2) is 1.53. The molecule has 0 fully saturated rings. The third kappa shape index (κ3) is 0.535. The normalized spacial score (nSPS) is 13.3. The fourth-order valence-corrected chi connectivity index (χ4v) is 0.284. The molecule has 0 unspecified atom stereocenters. The molecule has 27 valence electrons. The van der Waals surface area contributed by atoms with E-state index in [4.69, 9.17) is 0 Å². The molecule has 0 saturated heterocycles. The number of hydrogen-bond acceptors (Lipinski definition) is 0. The van der Waals surface area contributed by atoms with Gasteiger partial charge in [0.25, 0.3) is 0 Å². The van der Waals surface area contributed by atoms with Crippen molar-refractivity contribution in [1.82, 2.24) is 0 Å². The average Bonchev–Trinajstić information content (AvgIpc) is 1.72. The summed E-state index contributed by atoms with van der Waals surface area (Å²) in [6.45, 7) is 0.